The summed E-state index contributed by atoms with van der Waals surface area (Å²) in [5, 5.41) is 3.80. The molecule has 0 unspecified atom stereocenters. The largest absolute Gasteiger partial charge is 0.494 e. The van der Waals surface area contributed by atoms with Crippen molar-refractivity contribution in [2.24, 2.45) is 10.7 Å². The number of H-pyrrole nitrogens is 1. The van der Waals surface area contributed by atoms with Crippen molar-refractivity contribution in [3.8, 4) is 5.75 Å². The average Bonchev–Trinajstić information content (AvgIpc) is 2.68. The maximum atomic E-state index is 11.9. The van der Waals surface area contributed by atoms with Crippen LogP contribution in [0.3, 0.4) is 0 Å². The Morgan fingerprint density at radius 3 is 2.82 bits per heavy atom. The van der Waals surface area contributed by atoms with E-state index in [1.165, 1.54) is 17.8 Å². The van der Waals surface area contributed by atoms with Crippen LogP contribution in [0.25, 0.3) is 0 Å². The van der Waals surface area contributed by atoms with Crippen molar-refractivity contribution in [1.29, 1.82) is 0 Å². The zero-order valence-corrected chi connectivity index (χ0v) is 16.1. The summed E-state index contributed by atoms with van der Waals surface area (Å²) in [6.07, 6.45) is 1.72. The third-order valence-corrected chi connectivity index (χ3v) is 4.43. The molecule has 4 N–H and O–H groups in total. The molecule has 0 amide bonds. The van der Waals surface area contributed by atoms with E-state index in [2.05, 4.69) is 25.3 Å². The number of guanidine groups is 1. The number of aromatic nitrogens is 3. The molecule has 0 aliphatic heterocycles. The summed E-state index contributed by atoms with van der Waals surface area (Å²) in [5.41, 5.74) is 6.97. The van der Waals surface area contributed by atoms with E-state index in [1.807, 2.05) is 49.4 Å². The summed E-state index contributed by atoms with van der Waals surface area (Å²) in [6, 6.07) is 14.4. The van der Waals surface area contributed by atoms with Crippen molar-refractivity contribution in [2.45, 2.75) is 17.7 Å². The van der Waals surface area contributed by atoms with E-state index in [9.17, 15) is 4.79 Å². The number of ether oxygens (including phenoxy) is 1. The molecule has 0 saturated heterocycles. The first-order chi connectivity index (χ1) is 13.6. The smallest absolute Gasteiger partial charge is 0.252 e. The number of nitrogens with zero attached hydrogens (tertiary/aromatic N) is 3. The Balaban J connectivity index is 1.68. The van der Waals surface area contributed by atoms with Gasteiger partial charge in [-0.1, -0.05) is 6.07 Å². The highest BCUT2D eigenvalue weighted by Crippen LogP contribution is 2.19. The molecule has 8 nitrogen and oxygen atoms in total. The van der Waals surface area contributed by atoms with Gasteiger partial charge in [0, 0.05) is 23.7 Å². The van der Waals surface area contributed by atoms with Crippen LogP contribution in [0.4, 0.5) is 11.6 Å². The Hall–Kier alpha value is -3.33. The highest BCUT2D eigenvalue weighted by atomic mass is 32.2. The third-order valence-electron chi connectivity index (χ3n) is 3.45. The number of hydrogen-bond donors (Lipinski definition) is 3. The predicted octanol–water partition coefficient (Wildman–Crippen LogP) is 2.91. The first-order valence-corrected chi connectivity index (χ1v) is 9.59. The fourth-order valence-electron chi connectivity index (χ4n) is 2.29. The second-order valence-corrected chi connectivity index (χ2v) is 6.59. The van der Waals surface area contributed by atoms with Crippen LogP contribution in [-0.2, 0) is 5.75 Å². The van der Waals surface area contributed by atoms with Crippen molar-refractivity contribution in [2.75, 3.05) is 11.9 Å². The van der Waals surface area contributed by atoms with Gasteiger partial charge < -0.3 is 15.8 Å². The monoisotopic (exact) mass is 396 g/mol. The molecule has 2 heterocycles. The molecular weight excluding hydrogens is 376 g/mol. The molecule has 28 heavy (non-hydrogen) atoms. The minimum atomic E-state index is -0.292. The summed E-state index contributed by atoms with van der Waals surface area (Å²) >= 11 is 1.48. The summed E-state index contributed by atoms with van der Waals surface area (Å²) in [6.45, 7) is 2.53. The molecule has 0 bridgehead atoms. The van der Waals surface area contributed by atoms with Crippen LogP contribution in [0.1, 0.15) is 12.6 Å². The highest BCUT2D eigenvalue weighted by molar-refractivity contribution is 7.98. The number of nitrogens with one attached hydrogen (secondary N) is 2. The lowest BCUT2D eigenvalue weighted by atomic mass is 10.3. The van der Waals surface area contributed by atoms with Gasteiger partial charge in [-0.2, -0.15) is 4.99 Å². The molecule has 0 saturated carbocycles. The van der Waals surface area contributed by atoms with Gasteiger partial charge in [-0.3, -0.25) is 9.78 Å². The number of anilines is 1. The number of nitrogens with two attached hydrogens (primary N) is 1. The van der Waals surface area contributed by atoms with Crippen molar-refractivity contribution < 1.29 is 4.74 Å². The van der Waals surface area contributed by atoms with Crippen molar-refractivity contribution >= 4 is 29.4 Å². The molecule has 0 atom stereocenters. The van der Waals surface area contributed by atoms with Gasteiger partial charge >= 0.3 is 0 Å². The van der Waals surface area contributed by atoms with E-state index in [1.54, 1.807) is 6.20 Å². The Bertz CT molecular complexity index is 989. The highest BCUT2D eigenvalue weighted by Gasteiger charge is 2.04. The van der Waals surface area contributed by atoms with Crippen LogP contribution in [0.2, 0.25) is 0 Å². The Labute approximate surface area is 166 Å². The number of thioether (sulfide) groups is 1. The maximum Gasteiger partial charge on any atom is 0.252 e. The van der Waals surface area contributed by atoms with Gasteiger partial charge in [0.25, 0.3) is 5.56 Å². The fourth-order valence-corrected chi connectivity index (χ4v) is 3.05. The summed E-state index contributed by atoms with van der Waals surface area (Å²) in [4.78, 5) is 27.2. The molecule has 9 heteroatoms. The number of hydrogen-bond acceptors (Lipinski definition) is 6. The third kappa shape index (κ3) is 5.85. The molecule has 0 aliphatic rings. The minimum Gasteiger partial charge on any atom is -0.494 e. The normalized spacial score (nSPS) is 11.2. The average molecular weight is 396 g/mol. The van der Waals surface area contributed by atoms with E-state index >= 15 is 0 Å². The van der Waals surface area contributed by atoms with Crippen molar-refractivity contribution in [3.63, 3.8) is 0 Å². The number of pyridine rings is 1. The number of benzene rings is 1. The molecule has 1 aromatic carbocycles. The molecule has 0 fully saturated rings. The topological polar surface area (TPSA) is 118 Å². The van der Waals surface area contributed by atoms with E-state index in [4.69, 9.17) is 10.5 Å². The second kappa shape index (κ2) is 9.56. The zero-order valence-electron chi connectivity index (χ0n) is 15.3. The van der Waals surface area contributed by atoms with E-state index in [0.717, 1.165) is 16.5 Å². The maximum absolute atomic E-state index is 11.9. The summed E-state index contributed by atoms with van der Waals surface area (Å²) in [5.74, 6) is 1.52. The molecule has 0 radical (unpaired) electrons. The van der Waals surface area contributed by atoms with Gasteiger partial charge in [-0.25, -0.2) is 9.97 Å². The SMILES string of the molecule is CCOc1ccc(N/C(N)=N/c2nc(CSc3ccccn3)cc(=O)[nH]2)cc1. The molecule has 3 rings (SSSR count). The summed E-state index contributed by atoms with van der Waals surface area (Å²) < 4.78 is 5.40. The molecular formula is C19H20N6O2S. The van der Waals surface area contributed by atoms with Crippen LogP contribution in [0.5, 0.6) is 5.75 Å². The van der Waals surface area contributed by atoms with E-state index in [0.29, 0.717) is 18.1 Å². The number of rotatable bonds is 7. The lowest BCUT2D eigenvalue weighted by Crippen LogP contribution is -2.22. The van der Waals surface area contributed by atoms with Crippen molar-refractivity contribution in [1.82, 2.24) is 15.0 Å². The minimum absolute atomic E-state index is 0.113. The molecule has 3 aromatic rings. The van der Waals surface area contributed by atoms with Crippen LogP contribution in [0, 0.1) is 0 Å². The Morgan fingerprint density at radius 1 is 1.29 bits per heavy atom. The van der Waals surface area contributed by atoms with Crippen LogP contribution >= 0.6 is 11.8 Å². The molecule has 144 valence electrons. The Morgan fingerprint density at radius 2 is 2.11 bits per heavy atom. The lowest BCUT2D eigenvalue weighted by Gasteiger charge is -2.07. The first kappa shape index (κ1) is 19.4. The quantitative estimate of drug-likeness (QED) is 0.319. The van der Waals surface area contributed by atoms with Crippen LogP contribution < -0.4 is 21.3 Å². The van der Waals surface area contributed by atoms with Gasteiger partial charge in [0.05, 0.1) is 17.3 Å². The van der Waals surface area contributed by atoms with Crippen LogP contribution in [0.15, 0.2) is 69.5 Å². The Kier molecular flexibility index (Phi) is 6.64. The number of aromatic amines is 1. The van der Waals surface area contributed by atoms with Gasteiger partial charge in [-0.15, -0.1) is 11.8 Å². The van der Waals surface area contributed by atoms with Crippen LogP contribution in [-0.4, -0.2) is 27.5 Å². The van der Waals surface area contributed by atoms with Gasteiger partial charge in [-0.05, 0) is 43.3 Å². The molecule has 0 spiro atoms. The van der Waals surface area contributed by atoms with Gasteiger partial charge in [0.2, 0.25) is 11.9 Å². The second-order valence-electron chi connectivity index (χ2n) is 5.60. The van der Waals surface area contributed by atoms with Crippen molar-refractivity contribution in [3.05, 3.63) is 70.8 Å². The number of aliphatic imine (C=N–C) groups is 1. The lowest BCUT2D eigenvalue weighted by molar-refractivity contribution is 0.340. The summed E-state index contributed by atoms with van der Waals surface area (Å²) in [7, 11) is 0. The molecule has 2 aromatic heterocycles. The fraction of sp³-hybridized carbons (Fsp3) is 0.158. The zero-order chi connectivity index (χ0) is 19.8. The standard InChI is InChI=1S/C19H20N6O2S/c1-2-27-15-8-6-13(7-9-15)22-18(20)25-19-23-14(11-16(26)24-19)12-28-17-5-3-4-10-21-17/h3-11H,2,12H2,1H3,(H4,20,22,23,24,25,26). The van der Waals surface area contributed by atoms with E-state index < -0.39 is 0 Å². The first-order valence-electron chi connectivity index (χ1n) is 8.60. The van der Waals surface area contributed by atoms with E-state index in [-0.39, 0.29) is 17.5 Å². The predicted molar refractivity (Wildman–Crippen MR) is 111 cm³/mol. The van der Waals surface area contributed by atoms with Gasteiger partial charge in [0.1, 0.15) is 5.75 Å². The molecule has 0 aliphatic carbocycles. The van der Waals surface area contributed by atoms with Gasteiger partial charge in [0.15, 0.2) is 0 Å².